The van der Waals surface area contributed by atoms with Crippen molar-refractivity contribution in [2.45, 2.75) is 69.5 Å². The van der Waals surface area contributed by atoms with Crippen molar-refractivity contribution in [1.82, 2.24) is 0 Å². The van der Waals surface area contributed by atoms with Gasteiger partial charge in [-0.1, -0.05) is 29.8 Å². The highest BCUT2D eigenvalue weighted by Crippen LogP contribution is 2.69. The van der Waals surface area contributed by atoms with Crippen LogP contribution in [0.2, 0.25) is 0 Å². The molecule has 0 heterocycles. The van der Waals surface area contributed by atoms with E-state index in [1.165, 1.54) is 0 Å². The summed E-state index contributed by atoms with van der Waals surface area (Å²) in [6.45, 7) is 4.40. The second kappa shape index (κ2) is 5.39. The minimum Gasteiger partial charge on any atom is -0.396 e. The lowest BCUT2D eigenvalue weighted by Gasteiger charge is -2.64. The molecule has 3 nitrogen and oxygen atoms in total. The van der Waals surface area contributed by atoms with Crippen LogP contribution in [0, 0.1) is 34.5 Å². The number of hydrogen-bond donors (Lipinski definition) is 1. The standard InChI is InChI=1S/C20H29BrO3/c1-12-16(23)7-9-19(11-22)15-6-8-18(2)14(3-4-17(18)24)13(15)5-10-20(12,19)21/h12-15,22H,3-11H2,1-2H3/t12-,13+,14+,15+,18+,19+,20-/m1/s1. The molecule has 0 aromatic rings. The van der Waals surface area contributed by atoms with Gasteiger partial charge in [-0.25, -0.2) is 0 Å². The fourth-order valence-electron chi connectivity index (χ4n) is 7.27. The lowest BCUT2D eigenvalue weighted by Crippen LogP contribution is -2.65. The fourth-order valence-corrected chi connectivity index (χ4v) is 8.37. The molecule has 0 aromatic heterocycles. The highest BCUT2D eigenvalue weighted by Gasteiger charge is 2.67. The zero-order valence-electron chi connectivity index (χ0n) is 14.8. The molecule has 0 spiro atoms. The molecule has 0 aliphatic heterocycles. The van der Waals surface area contributed by atoms with Gasteiger partial charge in [-0.2, -0.15) is 0 Å². The Morgan fingerprint density at radius 3 is 2.54 bits per heavy atom. The zero-order valence-corrected chi connectivity index (χ0v) is 16.4. The highest BCUT2D eigenvalue weighted by molar-refractivity contribution is 9.10. The van der Waals surface area contributed by atoms with Crippen LogP contribution in [-0.4, -0.2) is 27.6 Å². The Morgan fingerprint density at radius 1 is 1.08 bits per heavy atom. The van der Waals surface area contributed by atoms with Gasteiger partial charge in [0.05, 0.1) is 6.61 Å². The number of rotatable bonds is 1. The molecule has 0 bridgehead atoms. The summed E-state index contributed by atoms with van der Waals surface area (Å²) in [6, 6.07) is 0. The molecule has 4 saturated carbocycles. The molecule has 0 unspecified atom stereocenters. The van der Waals surface area contributed by atoms with E-state index < -0.39 is 0 Å². The van der Waals surface area contributed by atoms with Crippen LogP contribution in [0.4, 0.5) is 0 Å². The van der Waals surface area contributed by atoms with E-state index in [0.29, 0.717) is 35.7 Å². The minimum absolute atomic E-state index is 0.0297. The number of carbonyl (C=O) groups excluding carboxylic acids is 2. The van der Waals surface area contributed by atoms with E-state index in [0.717, 1.165) is 44.9 Å². The van der Waals surface area contributed by atoms with Crippen molar-refractivity contribution in [2.75, 3.05) is 6.61 Å². The summed E-state index contributed by atoms with van der Waals surface area (Å²) in [5, 5.41) is 10.5. The third-order valence-corrected chi connectivity index (χ3v) is 10.7. The third-order valence-electron chi connectivity index (χ3n) is 8.79. The van der Waals surface area contributed by atoms with E-state index in [-0.39, 0.29) is 27.7 Å². The molecular weight excluding hydrogens is 368 g/mol. The second-order valence-corrected chi connectivity index (χ2v) is 10.6. The monoisotopic (exact) mass is 396 g/mol. The predicted octanol–water partition coefficient (Wildman–Crippen LogP) is 3.90. The Kier molecular flexibility index (Phi) is 3.86. The number of hydrogen-bond acceptors (Lipinski definition) is 3. The van der Waals surface area contributed by atoms with Crippen LogP contribution in [0.25, 0.3) is 0 Å². The molecule has 0 saturated heterocycles. The lowest BCUT2D eigenvalue weighted by molar-refractivity contribution is -0.154. The van der Waals surface area contributed by atoms with Gasteiger partial charge in [-0.15, -0.1) is 0 Å². The molecule has 0 amide bonds. The molecule has 4 aliphatic carbocycles. The Bertz CT molecular complexity index is 589. The van der Waals surface area contributed by atoms with Crippen molar-refractivity contribution in [2.24, 2.45) is 34.5 Å². The number of Topliss-reactive ketones (excluding diaryl/α,β-unsaturated/α-hetero) is 2. The maximum atomic E-state index is 12.5. The van der Waals surface area contributed by atoms with Gasteiger partial charge >= 0.3 is 0 Å². The highest BCUT2D eigenvalue weighted by atomic mass is 79.9. The molecule has 0 aromatic carbocycles. The summed E-state index contributed by atoms with van der Waals surface area (Å²) in [7, 11) is 0. The van der Waals surface area contributed by atoms with Gasteiger partial charge in [0.15, 0.2) is 0 Å². The summed E-state index contributed by atoms with van der Waals surface area (Å²) in [4.78, 5) is 24.9. The molecule has 24 heavy (non-hydrogen) atoms. The summed E-state index contributed by atoms with van der Waals surface area (Å²) in [6.07, 6.45) is 7.19. The molecular formula is C20H29BrO3. The molecule has 0 radical (unpaired) electrons. The Hall–Kier alpha value is -0.220. The van der Waals surface area contributed by atoms with E-state index in [2.05, 4.69) is 22.9 Å². The topological polar surface area (TPSA) is 54.4 Å². The van der Waals surface area contributed by atoms with Gasteiger partial charge in [0, 0.05) is 33.9 Å². The van der Waals surface area contributed by atoms with Gasteiger partial charge < -0.3 is 5.11 Å². The molecule has 1 N–H and O–H groups in total. The predicted molar refractivity (Wildman–Crippen MR) is 95.9 cm³/mol. The van der Waals surface area contributed by atoms with Crippen molar-refractivity contribution in [1.29, 1.82) is 0 Å². The number of halogens is 1. The summed E-state index contributed by atoms with van der Waals surface area (Å²) in [5.41, 5.74) is -0.323. The van der Waals surface area contributed by atoms with Gasteiger partial charge in [-0.05, 0) is 56.3 Å². The van der Waals surface area contributed by atoms with E-state index in [4.69, 9.17) is 0 Å². The van der Waals surface area contributed by atoms with Crippen molar-refractivity contribution in [3.05, 3.63) is 0 Å². The SMILES string of the molecule is C[C@@H]1C(=O)CC[C@]2(CO)[C@H]3CC[C@]4(C)C(=O)CC[C@H]4[C@@H]3CC[C@@]12Br. The first-order chi connectivity index (χ1) is 11.3. The van der Waals surface area contributed by atoms with E-state index in [1.54, 1.807) is 0 Å². The van der Waals surface area contributed by atoms with Crippen LogP contribution >= 0.6 is 15.9 Å². The average Bonchev–Trinajstić information content (AvgIpc) is 2.87. The first-order valence-corrected chi connectivity index (χ1v) is 10.5. The summed E-state index contributed by atoms with van der Waals surface area (Å²) in [5.74, 6) is 2.23. The van der Waals surface area contributed by atoms with E-state index >= 15 is 0 Å². The number of alkyl halides is 1. The van der Waals surface area contributed by atoms with Crippen molar-refractivity contribution in [3.8, 4) is 0 Å². The Morgan fingerprint density at radius 2 is 1.83 bits per heavy atom. The summed E-state index contributed by atoms with van der Waals surface area (Å²) >= 11 is 4.01. The van der Waals surface area contributed by atoms with Crippen LogP contribution in [-0.2, 0) is 9.59 Å². The zero-order chi connectivity index (χ0) is 17.3. The van der Waals surface area contributed by atoms with Crippen LogP contribution in [0.15, 0.2) is 0 Å². The van der Waals surface area contributed by atoms with Crippen LogP contribution < -0.4 is 0 Å². The van der Waals surface area contributed by atoms with Crippen molar-refractivity contribution >= 4 is 27.5 Å². The second-order valence-electron chi connectivity index (χ2n) is 9.20. The quantitative estimate of drug-likeness (QED) is 0.683. The maximum Gasteiger partial charge on any atom is 0.139 e. The van der Waals surface area contributed by atoms with Gasteiger partial charge in [0.25, 0.3) is 0 Å². The lowest BCUT2D eigenvalue weighted by atomic mass is 9.43. The van der Waals surface area contributed by atoms with Crippen molar-refractivity contribution in [3.63, 3.8) is 0 Å². The van der Waals surface area contributed by atoms with Crippen LogP contribution in [0.3, 0.4) is 0 Å². The van der Waals surface area contributed by atoms with Gasteiger partial charge in [-0.3, -0.25) is 9.59 Å². The number of carbonyl (C=O) groups is 2. The molecule has 4 heteroatoms. The molecule has 4 rings (SSSR count). The Balaban J connectivity index is 1.75. The maximum absolute atomic E-state index is 12.5. The fraction of sp³-hybridized carbons (Fsp3) is 0.900. The Labute approximate surface area is 153 Å². The smallest absolute Gasteiger partial charge is 0.139 e. The van der Waals surface area contributed by atoms with Crippen molar-refractivity contribution < 1.29 is 14.7 Å². The number of ketones is 2. The number of aliphatic hydroxyl groups excluding tert-OH is 1. The largest absolute Gasteiger partial charge is 0.396 e. The third kappa shape index (κ3) is 1.88. The van der Waals surface area contributed by atoms with Crippen LogP contribution in [0.5, 0.6) is 0 Å². The molecule has 134 valence electrons. The van der Waals surface area contributed by atoms with E-state index in [9.17, 15) is 14.7 Å². The van der Waals surface area contributed by atoms with Crippen LogP contribution in [0.1, 0.15) is 65.2 Å². The minimum atomic E-state index is -0.262. The molecule has 4 aliphatic rings. The van der Waals surface area contributed by atoms with Gasteiger partial charge in [0.2, 0.25) is 0 Å². The first kappa shape index (κ1) is 17.2. The number of fused-ring (bicyclic) bond motifs is 5. The van der Waals surface area contributed by atoms with E-state index in [1.807, 2.05) is 6.92 Å². The first-order valence-electron chi connectivity index (χ1n) is 9.66. The van der Waals surface area contributed by atoms with Gasteiger partial charge in [0.1, 0.15) is 11.6 Å². The molecule has 7 atom stereocenters. The average molecular weight is 397 g/mol. The summed E-state index contributed by atoms with van der Waals surface area (Å²) < 4.78 is -0.262. The number of aliphatic hydroxyl groups is 1. The normalized spacial score (nSPS) is 54.2. The molecule has 4 fully saturated rings.